The van der Waals surface area contributed by atoms with E-state index in [1.54, 1.807) is 14.2 Å². The highest BCUT2D eigenvalue weighted by atomic mass is 16.5. The number of rotatable bonds is 5. The summed E-state index contributed by atoms with van der Waals surface area (Å²) in [6.45, 7) is 2.49. The van der Waals surface area contributed by atoms with Gasteiger partial charge in [-0.1, -0.05) is 6.07 Å². The van der Waals surface area contributed by atoms with Crippen LogP contribution in [0, 0.1) is 0 Å². The first-order chi connectivity index (χ1) is 8.83. The molecule has 1 unspecified atom stereocenters. The predicted molar refractivity (Wildman–Crippen MR) is 70.2 cm³/mol. The average molecular weight is 251 g/mol. The van der Waals surface area contributed by atoms with Crippen LogP contribution in [0.1, 0.15) is 18.4 Å². The third kappa shape index (κ3) is 3.37. The van der Waals surface area contributed by atoms with Crippen molar-refractivity contribution in [1.29, 1.82) is 0 Å². The van der Waals surface area contributed by atoms with E-state index in [4.69, 9.17) is 14.2 Å². The van der Waals surface area contributed by atoms with Gasteiger partial charge in [0.05, 0.1) is 20.8 Å². The first-order valence-electron chi connectivity index (χ1n) is 6.35. The molecule has 2 rings (SSSR count). The Kier molecular flexibility index (Phi) is 4.84. The van der Waals surface area contributed by atoms with Gasteiger partial charge in [0.15, 0.2) is 0 Å². The molecule has 0 amide bonds. The second-order valence-electron chi connectivity index (χ2n) is 4.47. The molecule has 0 aromatic heterocycles. The quantitative estimate of drug-likeness (QED) is 0.868. The Balaban J connectivity index is 1.95. The van der Waals surface area contributed by atoms with Gasteiger partial charge in [-0.3, -0.25) is 0 Å². The van der Waals surface area contributed by atoms with E-state index >= 15 is 0 Å². The Bertz CT molecular complexity index is 375. The van der Waals surface area contributed by atoms with Gasteiger partial charge in [0.25, 0.3) is 0 Å². The van der Waals surface area contributed by atoms with E-state index in [9.17, 15) is 0 Å². The van der Waals surface area contributed by atoms with Gasteiger partial charge >= 0.3 is 0 Å². The van der Waals surface area contributed by atoms with E-state index in [1.807, 2.05) is 18.2 Å². The lowest BCUT2D eigenvalue weighted by Gasteiger charge is -2.23. The van der Waals surface area contributed by atoms with Gasteiger partial charge < -0.3 is 19.5 Å². The van der Waals surface area contributed by atoms with Crippen LogP contribution in [0.15, 0.2) is 18.2 Å². The Hall–Kier alpha value is -1.26. The fourth-order valence-corrected chi connectivity index (χ4v) is 2.15. The van der Waals surface area contributed by atoms with Gasteiger partial charge in [0, 0.05) is 30.8 Å². The highest BCUT2D eigenvalue weighted by Crippen LogP contribution is 2.24. The smallest absolute Gasteiger partial charge is 0.127 e. The van der Waals surface area contributed by atoms with Crippen molar-refractivity contribution in [3.63, 3.8) is 0 Å². The highest BCUT2D eigenvalue weighted by molar-refractivity contribution is 5.40. The molecular weight excluding hydrogens is 230 g/mol. The van der Waals surface area contributed by atoms with E-state index in [0.717, 1.165) is 43.2 Å². The van der Waals surface area contributed by atoms with Crippen molar-refractivity contribution in [3.05, 3.63) is 23.8 Å². The minimum Gasteiger partial charge on any atom is -0.497 e. The molecule has 1 saturated heterocycles. The number of hydrogen-bond acceptors (Lipinski definition) is 4. The van der Waals surface area contributed by atoms with Gasteiger partial charge in [-0.25, -0.2) is 0 Å². The molecule has 100 valence electrons. The molecule has 4 nitrogen and oxygen atoms in total. The summed E-state index contributed by atoms with van der Waals surface area (Å²) in [5.74, 6) is 1.68. The minimum absolute atomic E-state index is 0.450. The molecular formula is C14H21NO3. The number of methoxy groups -OCH3 is 2. The van der Waals surface area contributed by atoms with Crippen LogP contribution < -0.4 is 14.8 Å². The Morgan fingerprint density at radius 1 is 1.33 bits per heavy atom. The summed E-state index contributed by atoms with van der Waals surface area (Å²) in [4.78, 5) is 0. The molecule has 0 saturated carbocycles. The Labute approximate surface area is 108 Å². The normalized spacial score (nSPS) is 19.6. The van der Waals surface area contributed by atoms with E-state index in [1.165, 1.54) is 6.42 Å². The topological polar surface area (TPSA) is 39.7 Å². The van der Waals surface area contributed by atoms with Crippen molar-refractivity contribution in [1.82, 2.24) is 5.32 Å². The number of ether oxygens (including phenoxy) is 3. The first kappa shape index (κ1) is 13.2. The number of nitrogens with one attached hydrogen (secondary N) is 1. The van der Waals surface area contributed by atoms with Gasteiger partial charge in [-0.2, -0.15) is 0 Å². The summed E-state index contributed by atoms with van der Waals surface area (Å²) in [5.41, 5.74) is 1.14. The van der Waals surface area contributed by atoms with Crippen molar-refractivity contribution in [2.45, 2.75) is 25.4 Å². The SMILES string of the molecule is COc1ccc(CNC2CCCOC2)c(OC)c1. The van der Waals surface area contributed by atoms with Crippen molar-refractivity contribution < 1.29 is 14.2 Å². The van der Waals surface area contributed by atoms with Crippen molar-refractivity contribution in [2.24, 2.45) is 0 Å². The van der Waals surface area contributed by atoms with E-state index < -0.39 is 0 Å². The van der Waals surface area contributed by atoms with Crippen LogP contribution in [0.25, 0.3) is 0 Å². The lowest BCUT2D eigenvalue weighted by molar-refractivity contribution is 0.0699. The van der Waals surface area contributed by atoms with Crippen LogP contribution in [0.4, 0.5) is 0 Å². The molecule has 0 radical (unpaired) electrons. The zero-order valence-corrected chi connectivity index (χ0v) is 11.1. The maximum Gasteiger partial charge on any atom is 0.127 e. The summed E-state index contributed by atoms with van der Waals surface area (Å²) < 4.78 is 16.0. The van der Waals surface area contributed by atoms with Crippen molar-refractivity contribution >= 4 is 0 Å². The van der Waals surface area contributed by atoms with E-state index in [2.05, 4.69) is 5.32 Å². The average Bonchev–Trinajstić information content (AvgIpc) is 2.46. The fourth-order valence-electron chi connectivity index (χ4n) is 2.15. The summed E-state index contributed by atoms with van der Waals surface area (Å²) in [6.07, 6.45) is 2.32. The van der Waals surface area contributed by atoms with Gasteiger partial charge in [-0.15, -0.1) is 0 Å². The zero-order valence-electron chi connectivity index (χ0n) is 11.1. The Morgan fingerprint density at radius 2 is 2.22 bits per heavy atom. The van der Waals surface area contributed by atoms with Crippen LogP contribution in [0.2, 0.25) is 0 Å². The fraction of sp³-hybridized carbons (Fsp3) is 0.571. The highest BCUT2D eigenvalue weighted by Gasteiger charge is 2.14. The third-order valence-electron chi connectivity index (χ3n) is 3.24. The summed E-state index contributed by atoms with van der Waals surface area (Å²) in [5, 5.41) is 3.50. The van der Waals surface area contributed by atoms with Crippen molar-refractivity contribution in [3.8, 4) is 11.5 Å². The van der Waals surface area contributed by atoms with Crippen molar-refractivity contribution in [2.75, 3.05) is 27.4 Å². The molecule has 0 bridgehead atoms. The van der Waals surface area contributed by atoms with Gasteiger partial charge in [-0.05, 0) is 18.9 Å². The minimum atomic E-state index is 0.450. The molecule has 0 spiro atoms. The summed E-state index contributed by atoms with van der Waals surface area (Å²) in [6, 6.07) is 6.35. The number of benzene rings is 1. The van der Waals surface area contributed by atoms with Crippen LogP contribution in [0.5, 0.6) is 11.5 Å². The Morgan fingerprint density at radius 3 is 2.89 bits per heavy atom. The summed E-state index contributed by atoms with van der Waals surface area (Å²) >= 11 is 0. The van der Waals surface area contributed by atoms with Gasteiger partial charge in [0.1, 0.15) is 11.5 Å². The molecule has 1 fully saturated rings. The molecule has 0 aliphatic carbocycles. The molecule has 1 atom stereocenters. The second kappa shape index (κ2) is 6.61. The second-order valence-corrected chi connectivity index (χ2v) is 4.47. The molecule has 1 heterocycles. The maximum atomic E-state index is 5.45. The molecule has 1 aromatic carbocycles. The number of hydrogen-bond donors (Lipinski definition) is 1. The van der Waals surface area contributed by atoms with Crippen LogP contribution in [0.3, 0.4) is 0 Å². The first-order valence-corrected chi connectivity index (χ1v) is 6.35. The third-order valence-corrected chi connectivity index (χ3v) is 3.24. The van der Waals surface area contributed by atoms with E-state index in [0.29, 0.717) is 6.04 Å². The summed E-state index contributed by atoms with van der Waals surface area (Å²) in [7, 11) is 3.34. The maximum absolute atomic E-state index is 5.45. The lowest BCUT2D eigenvalue weighted by Crippen LogP contribution is -2.36. The zero-order chi connectivity index (χ0) is 12.8. The monoisotopic (exact) mass is 251 g/mol. The molecule has 18 heavy (non-hydrogen) atoms. The molecule has 1 aromatic rings. The molecule has 1 aliphatic heterocycles. The van der Waals surface area contributed by atoms with E-state index in [-0.39, 0.29) is 0 Å². The van der Waals surface area contributed by atoms with Crippen LogP contribution in [-0.4, -0.2) is 33.5 Å². The standard InChI is InChI=1S/C14H21NO3/c1-16-13-6-5-11(14(8-13)17-2)9-15-12-4-3-7-18-10-12/h5-6,8,12,15H,3-4,7,9-10H2,1-2H3. The predicted octanol–water partition coefficient (Wildman–Crippen LogP) is 1.97. The molecule has 4 heteroatoms. The molecule has 1 aliphatic rings. The van der Waals surface area contributed by atoms with Crippen LogP contribution >= 0.6 is 0 Å². The van der Waals surface area contributed by atoms with Crippen LogP contribution in [-0.2, 0) is 11.3 Å². The largest absolute Gasteiger partial charge is 0.497 e. The lowest BCUT2D eigenvalue weighted by atomic mass is 10.1. The molecule has 1 N–H and O–H groups in total. The van der Waals surface area contributed by atoms with Gasteiger partial charge in [0.2, 0.25) is 0 Å².